The van der Waals surface area contributed by atoms with E-state index in [0.29, 0.717) is 12.3 Å². The third kappa shape index (κ3) is 3.49. The Morgan fingerprint density at radius 1 is 1.53 bits per heavy atom. The van der Waals surface area contributed by atoms with Crippen molar-refractivity contribution in [3.8, 4) is 0 Å². The second-order valence-corrected chi connectivity index (χ2v) is 5.28. The van der Waals surface area contributed by atoms with Crippen LogP contribution < -0.4 is 0 Å². The van der Waals surface area contributed by atoms with Crippen LogP contribution in [-0.2, 0) is 4.79 Å². The molecule has 1 unspecified atom stereocenters. The van der Waals surface area contributed by atoms with Crippen molar-refractivity contribution in [3.05, 3.63) is 0 Å². The van der Waals surface area contributed by atoms with Gasteiger partial charge in [-0.15, -0.1) is 0 Å². The van der Waals surface area contributed by atoms with Crippen LogP contribution in [0.5, 0.6) is 0 Å². The number of nitrogens with zero attached hydrogens (tertiary/aromatic N) is 1. The van der Waals surface area contributed by atoms with Crippen LogP contribution in [0.15, 0.2) is 0 Å². The van der Waals surface area contributed by atoms with Gasteiger partial charge in [0.05, 0.1) is 0 Å². The van der Waals surface area contributed by atoms with Gasteiger partial charge >= 0.3 is 5.97 Å². The number of carboxylic acid groups (broad SMARTS) is 1. The summed E-state index contributed by atoms with van der Waals surface area (Å²) < 4.78 is 0. The summed E-state index contributed by atoms with van der Waals surface area (Å²) in [6.07, 6.45) is 3.76. The van der Waals surface area contributed by atoms with Crippen LogP contribution >= 0.6 is 0 Å². The third-order valence-electron chi connectivity index (χ3n) is 3.37. The summed E-state index contributed by atoms with van der Waals surface area (Å²) in [4.78, 5) is 13.1. The van der Waals surface area contributed by atoms with E-state index in [4.69, 9.17) is 5.11 Å². The van der Waals surface area contributed by atoms with Gasteiger partial charge in [0.25, 0.3) is 0 Å². The predicted octanol–water partition coefficient (Wildman–Crippen LogP) is 2.36. The highest BCUT2D eigenvalue weighted by atomic mass is 16.4. The van der Waals surface area contributed by atoms with Gasteiger partial charge in [0.15, 0.2) is 0 Å². The normalized spacial score (nSPS) is 25.7. The number of hydrogen-bond donors (Lipinski definition) is 1. The highest BCUT2D eigenvalue weighted by molar-refractivity contribution is 5.67. The summed E-state index contributed by atoms with van der Waals surface area (Å²) in [5.41, 5.74) is 0.190. The highest BCUT2D eigenvalue weighted by Gasteiger charge is 2.38. The Morgan fingerprint density at radius 3 is 2.73 bits per heavy atom. The van der Waals surface area contributed by atoms with E-state index in [2.05, 4.69) is 25.7 Å². The predicted molar refractivity (Wildman–Crippen MR) is 60.9 cm³/mol. The SMILES string of the molecule is CCCCN1CC(CC(=O)O)CC1(C)C. The standard InChI is InChI=1S/C12H23NO2/c1-4-5-6-13-9-10(7-11(14)15)8-12(13,2)3/h10H,4-9H2,1-3H3,(H,14,15). The van der Waals surface area contributed by atoms with Gasteiger partial charge in [-0.25, -0.2) is 0 Å². The average molecular weight is 213 g/mol. The summed E-state index contributed by atoms with van der Waals surface area (Å²) in [5, 5.41) is 8.79. The van der Waals surface area contributed by atoms with Crippen LogP contribution in [0.1, 0.15) is 46.5 Å². The number of unbranched alkanes of at least 4 members (excludes halogenated alkanes) is 1. The van der Waals surface area contributed by atoms with Crippen molar-refractivity contribution in [2.24, 2.45) is 5.92 Å². The first-order chi connectivity index (χ1) is 6.95. The zero-order chi connectivity index (χ0) is 11.5. The lowest BCUT2D eigenvalue weighted by Crippen LogP contribution is -2.38. The Kier molecular flexibility index (Phi) is 4.14. The molecule has 1 heterocycles. The molecule has 0 aromatic carbocycles. The van der Waals surface area contributed by atoms with Gasteiger partial charge in [0.1, 0.15) is 0 Å². The van der Waals surface area contributed by atoms with E-state index < -0.39 is 5.97 Å². The van der Waals surface area contributed by atoms with Gasteiger partial charge in [0.2, 0.25) is 0 Å². The fourth-order valence-electron chi connectivity index (χ4n) is 2.59. The van der Waals surface area contributed by atoms with E-state index in [-0.39, 0.29) is 5.54 Å². The minimum Gasteiger partial charge on any atom is -0.481 e. The molecule has 0 spiro atoms. The number of carboxylic acids is 1. The Hall–Kier alpha value is -0.570. The van der Waals surface area contributed by atoms with Crippen molar-refractivity contribution < 1.29 is 9.90 Å². The summed E-state index contributed by atoms with van der Waals surface area (Å²) >= 11 is 0. The quantitative estimate of drug-likeness (QED) is 0.762. The lowest BCUT2D eigenvalue weighted by atomic mass is 9.94. The molecule has 0 saturated carbocycles. The summed E-state index contributed by atoms with van der Waals surface area (Å²) in [5.74, 6) is -0.317. The molecule has 3 nitrogen and oxygen atoms in total. The van der Waals surface area contributed by atoms with Gasteiger partial charge in [-0.3, -0.25) is 9.69 Å². The zero-order valence-corrected chi connectivity index (χ0v) is 10.1. The van der Waals surface area contributed by atoms with Crippen molar-refractivity contribution in [3.63, 3.8) is 0 Å². The number of likely N-dealkylation sites (tertiary alicyclic amines) is 1. The first kappa shape index (κ1) is 12.5. The van der Waals surface area contributed by atoms with Gasteiger partial charge in [0, 0.05) is 18.5 Å². The van der Waals surface area contributed by atoms with Gasteiger partial charge in [-0.05, 0) is 39.2 Å². The second-order valence-electron chi connectivity index (χ2n) is 5.28. The van der Waals surface area contributed by atoms with E-state index in [1.54, 1.807) is 0 Å². The Labute approximate surface area is 92.5 Å². The molecule has 1 atom stereocenters. The maximum Gasteiger partial charge on any atom is 0.303 e. The molecule has 15 heavy (non-hydrogen) atoms. The Balaban J connectivity index is 2.48. The first-order valence-electron chi connectivity index (χ1n) is 5.92. The van der Waals surface area contributed by atoms with Crippen molar-refractivity contribution in [1.82, 2.24) is 4.90 Å². The Bertz CT molecular complexity index is 226. The van der Waals surface area contributed by atoms with E-state index >= 15 is 0 Å². The van der Waals surface area contributed by atoms with Crippen LogP contribution in [0, 0.1) is 5.92 Å². The number of carbonyl (C=O) groups is 1. The lowest BCUT2D eigenvalue weighted by molar-refractivity contribution is -0.138. The topological polar surface area (TPSA) is 40.5 Å². The minimum absolute atomic E-state index is 0.190. The van der Waals surface area contributed by atoms with E-state index in [0.717, 1.165) is 19.5 Å². The van der Waals surface area contributed by atoms with Crippen LogP contribution in [-0.4, -0.2) is 34.6 Å². The summed E-state index contributed by atoms with van der Waals surface area (Å²) in [6.45, 7) is 8.71. The molecule has 0 aromatic rings. The smallest absolute Gasteiger partial charge is 0.303 e. The highest BCUT2D eigenvalue weighted by Crippen LogP contribution is 2.34. The molecule has 0 aromatic heterocycles. The van der Waals surface area contributed by atoms with Crippen LogP contribution in [0.4, 0.5) is 0 Å². The Morgan fingerprint density at radius 2 is 2.20 bits per heavy atom. The molecule has 1 saturated heterocycles. The van der Waals surface area contributed by atoms with Crippen molar-refractivity contribution >= 4 is 5.97 Å². The molecule has 1 rings (SSSR count). The molecule has 0 amide bonds. The fourth-order valence-corrected chi connectivity index (χ4v) is 2.59. The maximum absolute atomic E-state index is 10.7. The van der Waals surface area contributed by atoms with Crippen molar-refractivity contribution in [2.45, 2.75) is 52.0 Å². The van der Waals surface area contributed by atoms with Gasteiger partial charge < -0.3 is 5.11 Å². The van der Waals surface area contributed by atoms with E-state index in [1.807, 2.05) is 0 Å². The molecule has 1 N–H and O–H groups in total. The average Bonchev–Trinajstić information content (AvgIpc) is 2.35. The zero-order valence-electron chi connectivity index (χ0n) is 10.1. The largest absolute Gasteiger partial charge is 0.481 e. The molecule has 0 aliphatic carbocycles. The van der Waals surface area contributed by atoms with Gasteiger partial charge in [-0.2, -0.15) is 0 Å². The summed E-state index contributed by atoms with van der Waals surface area (Å²) in [6, 6.07) is 0. The molecule has 88 valence electrons. The number of hydrogen-bond acceptors (Lipinski definition) is 2. The molecule has 1 fully saturated rings. The molecule has 3 heteroatoms. The maximum atomic E-state index is 10.7. The van der Waals surface area contributed by atoms with Crippen molar-refractivity contribution in [1.29, 1.82) is 0 Å². The second kappa shape index (κ2) is 4.97. The first-order valence-corrected chi connectivity index (χ1v) is 5.92. The third-order valence-corrected chi connectivity index (χ3v) is 3.37. The van der Waals surface area contributed by atoms with Crippen LogP contribution in [0.2, 0.25) is 0 Å². The molecular formula is C12H23NO2. The van der Waals surface area contributed by atoms with Gasteiger partial charge in [-0.1, -0.05) is 13.3 Å². The molecule has 1 aliphatic heterocycles. The van der Waals surface area contributed by atoms with Crippen molar-refractivity contribution in [2.75, 3.05) is 13.1 Å². The molecule has 1 aliphatic rings. The molecule has 0 bridgehead atoms. The van der Waals surface area contributed by atoms with Crippen LogP contribution in [0.25, 0.3) is 0 Å². The number of aliphatic carboxylic acids is 1. The fraction of sp³-hybridized carbons (Fsp3) is 0.917. The monoisotopic (exact) mass is 213 g/mol. The summed E-state index contributed by atoms with van der Waals surface area (Å²) in [7, 11) is 0. The lowest BCUT2D eigenvalue weighted by Gasteiger charge is -2.31. The van der Waals surface area contributed by atoms with E-state index in [9.17, 15) is 4.79 Å². The minimum atomic E-state index is -0.659. The van der Waals surface area contributed by atoms with Crippen LogP contribution in [0.3, 0.4) is 0 Å². The molecule has 0 radical (unpaired) electrons. The molecular weight excluding hydrogens is 190 g/mol. The number of rotatable bonds is 5. The van der Waals surface area contributed by atoms with E-state index in [1.165, 1.54) is 12.8 Å².